The second kappa shape index (κ2) is 7.56. The molecule has 0 radical (unpaired) electrons. The standard InChI is InChI=1S/C11H22ClNO3S/c12-6-1-2-9-17(15,16)13-7-3-4-11(10-13)5-8-14/h11,14H,1-10H2. The molecule has 6 heteroatoms. The van der Waals surface area contributed by atoms with Gasteiger partial charge < -0.3 is 5.11 Å². The van der Waals surface area contributed by atoms with Crippen molar-refractivity contribution in [1.29, 1.82) is 0 Å². The van der Waals surface area contributed by atoms with E-state index in [9.17, 15) is 8.42 Å². The number of nitrogens with zero attached hydrogens (tertiary/aromatic N) is 1. The number of rotatable bonds is 7. The summed E-state index contributed by atoms with van der Waals surface area (Å²) in [6.07, 6.45) is 4.00. The van der Waals surface area contributed by atoms with Crippen molar-refractivity contribution >= 4 is 21.6 Å². The molecular weight excluding hydrogens is 262 g/mol. The number of aliphatic hydroxyl groups is 1. The normalized spacial score (nSPS) is 22.8. The molecule has 1 N–H and O–H groups in total. The molecule has 4 nitrogen and oxygen atoms in total. The predicted octanol–water partition coefficient (Wildman–Crippen LogP) is 1.43. The summed E-state index contributed by atoms with van der Waals surface area (Å²) in [4.78, 5) is 0. The van der Waals surface area contributed by atoms with Gasteiger partial charge in [-0.3, -0.25) is 0 Å². The molecule has 17 heavy (non-hydrogen) atoms. The molecule has 1 atom stereocenters. The summed E-state index contributed by atoms with van der Waals surface area (Å²) in [5.74, 6) is 1.03. The third-order valence-corrected chi connectivity index (χ3v) is 5.39. The number of halogens is 1. The summed E-state index contributed by atoms with van der Waals surface area (Å²) in [6, 6.07) is 0. The molecule has 1 aliphatic heterocycles. The first-order valence-electron chi connectivity index (χ1n) is 6.25. The van der Waals surface area contributed by atoms with Crippen LogP contribution in [0.25, 0.3) is 0 Å². The first-order valence-corrected chi connectivity index (χ1v) is 8.39. The second-order valence-corrected chi connectivity index (χ2v) is 7.06. The van der Waals surface area contributed by atoms with Crippen LogP contribution in [0.5, 0.6) is 0 Å². The fourth-order valence-corrected chi connectivity index (χ4v) is 4.07. The van der Waals surface area contributed by atoms with Gasteiger partial charge in [-0.25, -0.2) is 12.7 Å². The van der Waals surface area contributed by atoms with E-state index in [-0.39, 0.29) is 12.4 Å². The van der Waals surface area contributed by atoms with Crippen molar-refractivity contribution in [2.75, 3.05) is 31.3 Å². The molecule has 1 saturated heterocycles. The van der Waals surface area contributed by atoms with Crippen LogP contribution in [0.15, 0.2) is 0 Å². The van der Waals surface area contributed by atoms with Crippen LogP contribution in [0.2, 0.25) is 0 Å². The lowest BCUT2D eigenvalue weighted by Crippen LogP contribution is -2.41. The average molecular weight is 284 g/mol. The van der Waals surface area contributed by atoms with Gasteiger partial charge in [0.05, 0.1) is 5.75 Å². The molecular formula is C11H22ClNO3S. The molecule has 1 heterocycles. The number of sulfonamides is 1. The zero-order chi connectivity index (χ0) is 12.7. The van der Waals surface area contributed by atoms with Gasteiger partial charge in [-0.05, 0) is 38.0 Å². The van der Waals surface area contributed by atoms with Crippen molar-refractivity contribution in [3.05, 3.63) is 0 Å². The Morgan fingerprint density at radius 2 is 2.12 bits per heavy atom. The molecule has 1 fully saturated rings. The fourth-order valence-electron chi connectivity index (χ4n) is 2.21. The van der Waals surface area contributed by atoms with Gasteiger partial charge in [0.1, 0.15) is 0 Å². The Bertz CT molecular complexity index is 306. The number of aliphatic hydroxyl groups excluding tert-OH is 1. The van der Waals surface area contributed by atoms with E-state index in [2.05, 4.69) is 0 Å². The van der Waals surface area contributed by atoms with E-state index in [1.807, 2.05) is 0 Å². The summed E-state index contributed by atoms with van der Waals surface area (Å²) >= 11 is 5.54. The highest BCUT2D eigenvalue weighted by molar-refractivity contribution is 7.89. The van der Waals surface area contributed by atoms with Gasteiger partial charge in [-0.15, -0.1) is 11.6 Å². The highest BCUT2D eigenvalue weighted by atomic mass is 35.5. The average Bonchev–Trinajstić information content (AvgIpc) is 2.30. The van der Waals surface area contributed by atoms with Crippen molar-refractivity contribution in [1.82, 2.24) is 4.31 Å². The zero-order valence-electron chi connectivity index (χ0n) is 10.1. The molecule has 0 aromatic rings. The number of hydrogen-bond donors (Lipinski definition) is 1. The van der Waals surface area contributed by atoms with E-state index in [1.54, 1.807) is 4.31 Å². The molecule has 102 valence electrons. The van der Waals surface area contributed by atoms with Crippen molar-refractivity contribution in [3.8, 4) is 0 Å². The lowest BCUT2D eigenvalue weighted by atomic mass is 9.97. The van der Waals surface area contributed by atoms with Gasteiger partial charge in [0.15, 0.2) is 0 Å². The first kappa shape index (κ1) is 15.2. The third-order valence-electron chi connectivity index (χ3n) is 3.20. The molecule has 0 amide bonds. The smallest absolute Gasteiger partial charge is 0.214 e. The highest BCUT2D eigenvalue weighted by Gasteiger charge is 2.27. The maximum absolute atomic E-state index is 12.0. The van der Waals surface area contributed by atoms with Gasteiger partial charge >= 0.3 is 0 Å². The van der Waals surface area contributed by atoms with Crippen LogP contribution in [-0.4, -0.2) is 49.2 Å². The predicted molar refractivity (Wildman–Crippen MR) is 69.7 cm³/mol. The van der Waals surface area contributed by atoms with Gasteiger partial charge in [0.25, 0.3) is 0 Å². The lowest BCUT2D eigenvalue weighted by molar-refractivity contribution is 0.203. The van der Waals surface area contributed by atoms with Crippen LogP contribution in [0, 0.1) is 5.92 Å². The Morgan fingerprint density at radius 1 is 1.35 bits per heavy atom. The maximum Gasteiger partial charge on any atom is 0.214 e. The largest absolute Gasteiger partial charge is 0.396 e. The highest BCUT2D eigenvalue weighted by Crippen LogP contribution is 2.22. The monoisotopic (exact) mass is 283 g/mol. The van der Waals surface area contributed by atoms with E-state index >= 15 is 0 Å². The Balaban J connectivity index is 2.46. The third kappa shape index (κ3) is 5.12. The van der Waals surface area contributed by atoms with Gasteiger partial charge in [0.2, 0.25) is 10.0 Å². The SMILES string of the molecule is O=S(=O)(CCCCCl)N1CCCC(CCO)C1. The lowest BCUT2D eigenvalue weighted by Gasteiger charge is -2.31. The van der Waals surface area contributed by atoms with Crippen LogP contribution in [0.4, 0.5) is 0 Å². The number of unbranched alkanes of at least 4 members (excludes halogenated alkanes) is 1. The summed E-state index contributed by atoms with van der Waals surface area (Å²) in [5, 5.41) is 8.90. The van der Waals surface area contributed by atoms with Crippen molar-refractivity contribution < 1.29 is 13.5 Å². The summed E-state index contributed by atoms with van der Waals surface area (Å²) in [7, 11) is -3.11. The van der Waals surface area contributed by atoms with E-state index < -0.39 is 10.0 Å². The minimum atomic E-state index is -3.11. The molecule has 0 aliphatic carbocycles. The van der Waals surface area contributed by atoms with Crippen LogP contribution in [0.1, 0.15) is 32.1 Å². The summed E-state index contributed by atoms with van der Waals surface area (Å²) < 4.78 is 25.6. The number of piperidine rings is 1. The number of hydrogen-bond acceptors (Lipinski definition) is 3. The minimum Gasteiger partial charge on any atom is -0.396 e. The van der Waals surface area contributed by atoms with Gasteiger partial charge in [0, 0.05) is 25.6 Å². The number of alkyl halides is 1. The van der Waals surface area contributed by atoms with Crippen molar-refractivity contribution in [2.45, 2.75) is 32.1 Å². The van der Waals surface area contributed by atoms with Crippen LogP contribution < -0.4 is 0 Å². The Hall–Kier alpha value is 0.160. The fraction of sp³-hybridized carbons (Fsp3) is 1.00. The Kier molecular flexibility index (Phi) is 6.77. The van der Waals surface area contributed by atoms with E-state index in [1.165, 1.54) is 0 Å². The van der Waals surface area contributed by atoms with Gasteiger partial charge in [-0.2, -0.15) is 0 Å². The zero-order valence-corrected chi connectivity index (χ0v) is 11.7. The summed E-state index contributed by atoms with van der Waals surface area (Å²) in [6.45, 7) is 1.35. The van der Waals surface area contributed by atoms with Crippen LogP contribution in [-0.2, 0) is 10.0 Å². The molecule has 1 aliphatic rings. The second-order valence-electron chi connectivity index (χ2n) is 4.59. The van der Waals surface area contributed by atoms with Crippen LogP contribution >= 0.6 is 11.6 Å². The van der Waals surface area contributed by atoms with E-state index in [0.29, 0.717) is 37.7 Å². The summed E-state index contributed by atoms with van der Waals surface area (Å²) in [5.41, 5.74) is 0. The van der Waals surface area contributed by atoms with E-state index in [4.69, 9.17) is 16.7 Å². The quantitative estimate of drug-likeness (QED) is 0.568. The Labute approximate surface area is 109 Å². The van der Waals surface area contributed by atoms with Crippen molar-refractivity contribution in [2.24, 2.45) is 5.92 Å². The van der Waals surface area contributed by atoms with Gasteiger partial charge in [-0.1, -0.05) is 0 Å². The Morgan fingerprint density at radius 3 is 2.76 bits per heavy atom. The molecule has 0 aromatic carbocycles. The van der Waals surface area contributed by atoms with Crippen molar-refractivity contribution in [3.63, 3.8) is 0 Å². The molecule has 1 unspecified atom stereocenters. The van der Waals surface area contributed by atoms with E-state index in [0.717, 1.165) is 19.3 Å². The molecule has 0 saturated carbocycles. The minimum absolute atomic E-state index is 0.144. The molecule has 1 rings (SSSR count). The molecule has 0 aromatic heterocycles. The maximum atomic E-state index is 12.0. The first-order chi connectivity index (χ1) is 8.10. The molecule has 0 bridgehead atoms. The molecule has 0 spiro atoms. The van der Waals surface area contributed by atoms with Crippen LogP contribution in [0.3, 0.4) is 0 Å². The topological polar surface area (TPSA) is 57.6 Å².